The van der Waals surface area contributed by atoms with E-state index in [0.717, 1.165) is 38.0 Å². The lowest BCUT2D eigenvalue weighted by molar-refractivity contribution is 0.109. The van der Waals surface area contributed by atoms with Crippen molar-refractivity contribution in [2.75, 3.05) is 20.2 Å². The molecule has 1 aliphatic rings. The third-order valence-corrected chi connectivity index (χ3v) is 4.70. The van der Waals surface area contributed by atoms with Gasteiger partial charge >= 0.3 is 6.09 Å². The summed E-state index contributed by atoms with van der Waals surface area (Å²) in [7, 11) is 1.40. The molecule has 126 valence electrons. The van der Waals surface area contributed by atoms with Gasteiger partial charge in [0, 0.05) is 32.0 Å². The summed E-state index contributed by atoms with van der Waals surface area (Å²) in [6.07, 6.45) is 4.86. The Labute approximate surface area is 142 Å². The largest absolute Gasteiger partial charge is 0.453 e. The predicted molar refractivity (Wildman–Crippen MR) is 92.4 cm³/mol. The van der Waals surface area contributed by atoms with E-state index in [0.29, 0.717) is 0 Å². The van der Waals surface area contributed by atoms with Crippen LogP contribution in [0.1, 0.15) is 24.0 Å². The zero-order valence-corrected chi connectivity index (χ0v) is 13.9. The standard InChI is InChI=1S/C19H23N3O2/c1-24-18(23)21-19(17-8-5-11-20-14-17)9-12-22(13-10-19)15-16-6-3-2-4-7-16/h2-8,11,14H,9-10,12-13,15H2,1H3,(H,21,23). The van der Waals surface area contributed by atoms with Crippen LogP contribution in [0, 0.1) is 0 Å². The minimum absolute atomic E-state index is 0.393. The van der Waals surface area contributed by atoms with Crippen LogP contribution in [0.25, 0.3) is 0 Å². The number of alkyl carbamates (subject to hydrolysis) is 1. The molecular weight excluding hydrogens is 302 g/mol. The van der Waals surface area contributed by atoms with E-state index in [1.807, 2.05) is 24.4 Å². The number of hydrogen-bond acceptors (Lipinski definition) is 4. The van der Waals surface area contributed by atoms with Crippen molar-refractivity contribution in [2.45, 2.75) is 24.9 Å². The summed E-state index contributed by atoms with van der Waals surface area (Å²) in [5.41, 5.74) is 1.94. The summed E-state index contributed by atoms with van der Waals surface area (Å²) in [5, 5.41) is 3.05. The van der Waals surface area contributed by atoms with Gasteiger partial charge in [-0.05, 0) is 30.0 Å². The van der Waals surface area contributed by atoms with Crippen LogP contribution in [0.4, 0.5) is 4.79 Å². The Bertz CT molecular complexity index is 653. The molecule has 0 bridgehead atoms. The van der Waals surface area contributed by atoms with E-state index in [4.69, 9.17) is 4.74 Å². The Hall–Kier alpha value is -2.40. The molecule has 2 aromatic rings. The van der Waals surface area contributed by atoms with Gasteiger partial charge in [0.2, 0.25) is 0 Å². The Morgan fingerprint density at radius 2 is 1.96 bits per heavy atom. The molecule has 3 rings (SSSR count). The van der Waals surface area contributed by atoms with Gasteiger partial charge in [0.05, 0.1) is 12.6 Å². The first-order valence-electron chi connectivity index (χ1n) is 8.25. The van der Waals surface area contributed by atoms with Crippen molar-refractivity contribution in [3.63, 3.8) is 0 Å². The number of rotatable bonds is 4. The van der Waals surface area contributed by atoms with Gasteiger partial charge in [-0.3, -0.25) is 9.88 Å². The van der Waals surface area contributed by atoms with Gasteiger partial charge in [-0.2, -0.15) is 0 Å². The molecule has 1 saturated heterocycles. The number of aromatic nitrogens is 1. The molecule has 0 unspecified atom stereocenters. The number of amides is 1. The van der Waals surface area contributed by atoms with Gasteiger partial charge in [0.1, 0.15) is 0 Å². The monoisotopic (exact) mass is 325 g/mol. The molecule has 1 fully saturated rings. The third kappa shape index (κ3) is 3.74. The highest BCUT2D eigenvalue weighted by Crippen LogP contribution is 2.33. The van der Waals surface area contributed by atoms with Crippen molar-refractivity contribution in [1.29, 1.82) is 0 Å². The van der Waals surface area contributed by atoms with E-state index in [1.165, 1.54) is 12.7 Å². The molecule has 1 N–H and O–H groups in total. The van der Waals surface area contributed by atoms with Crippen molar-refractivity contribution < 1.29 is 9.53 Å². The number of piperidine rings is 1. The minimum atomic E-state index is -0.408. The molecule has 0 spiro atoms. The Balaban J connectivity index is 1.72. The number of pyridine rings is 1. The van der Waals surface area contributed by atoms with Gasteiger partial charge in [-0.25, -0.2) is 4.79 Å². The van der Waals surface area contributed by atoms with Crippen LogP contribution in [-0.4, -0.2) is 36.2 Å². The molecule has 0 radical (unpaired) electrons. The number of nitrogens with one attached hydrogen (secondary N) is 1. The lowest BCUT2D eigenvalue weighted by Crippen LogP contribution is -2.53. The first-order chi connectivity index (χ1) is 11.7. The van der Waals surface area contributed by atoms with Crippen LogP contribution in [0.15, 0.2) is 54.9 Å². The summed E-state index contributed by atoms with van der Waals surface area (Å²) >= 11 is 0. The zero-order valence-electron chi connectivity index (χ0n) is 13.9. The molecule has 5 heteroatoms. The second-order valence-electron chi connectivity index (χ2n) is 6.20. The van der Waals surface area contributed by atoms with Crippen molar-refractivity contribution >= 4 is 6.09 Å². The van der Waals surface area contributed by atoms with Gasteiger partial charge < -0.3 is 10.1 Å². The molecule has 1 amide bonds. The van der Waals surface area contributed by atoms with Crippen LogP contribution in [0.5, 0.6) is 0 Å². The number of hydrogen-bond donors (Lipinski definition) is 1. The maximum absolute atomic E-state index is 11.9. The van der Waals surface area contributed by atoms with Gasteiger partial charge in [0.15, 0.2) is 0 Å². The second-order valence-corrected chi connectivity index (χ2v) is 6.20. The number of methoxy groups -OCH3 is 1. The van der Waals surface area contributed by atoms with Crippen molar-refractivity contribution in [3.05, 3.63) is 66.0 Å². The fourth-order valence-electron chi connectivity index (χ4n) is 3.31. The quantitative estimate of drug-likeness (QED) is 0.939. The van der Waals surface area contributed by atoms with Crippen molar-refractivity contribution in [3.8, 4) is 0 Å². The Kier molecular flexibility index (Phi) is 5.11. The molecule has 1 aromatic heterocycles. The van der Waals surface area contributed by atoms with E-state index in [1.54, 1.807) is 6.20 Å². The van der Waals surface area contributed by atoms with E-state index in [-0.39, 0.29) is 0 Å². The number of benzene rings is 1. The number of carbonyl (C=O) groups excluding carboxylic acids is 1. The molecule has 5 nitrogen and oxygen atoms in total. The summed E-state index contributed by atoms with van der Waals surface area (Å²) in [6, 6.07) is 14.4. The smallest absolute Gasteiger partial charge is 0.407 e. The van der Waals surface area contributed by atoms with E-state index in [9.17, 15) is 4.79 Å². The molecule has 1 aliphatic heterocycles. The summed E-state index contributed by atoms with van der Waals surface area (Å²) in [5.74, 6) is 0. The third-order valence-electron chi connectivity index (χ3n) is 4.70. The van der Waals surface area contributed by atoms with E-state index < -0.39 is 11.6 Å². The summed E-state index contributed by atoms with van der Waals surface area (Å²) < 4.78 is 4.84. The highest BCUT2D eigenvalue weighted by molar-refractivity contribution is 5.68. The molecule has 0 aliphatic carbocycles. The molecule has 24 heavy (non-hydrogen) atoms. The fraction of sp³-hybridized carbons (Fsp3) is 0.368. The first-order valence-corrected chi connectivity index (χ1v) is 8.25. The zero-order chi connectivity index (χ0) is 16.8. The number of ether oxygens (including phenoxy) is 1. The molecule has 0 atom stereocenters. The Morgan fingerprint density at radius 1 is 1.21 bits per heavy atom. The van der Waals surface area contributed by atoms with Crippen molar-refractivity contribution in [2.24, 2.45) is 0 Å². The van der Waals surface area contributed by atoms with Crippen LogP contribution in [0.3, 0.4) is 0 Å². The van der Waals surface area contributed by atoms with E-state index >= 15 is 0 Å². The normalized spacial score (nSPS) is 17.2. The van der Waals surface area contributed by atoms with Gasteiger partial charge in [0.25, 0.3) is 0 Å². The van der Waals surface area contributed by atoms with Crippen LogP contribution < -0.4 is 5.32 Å². The first kappa shape index (κ1) is 16.5. The average molecular weight is 325 g/mol. The highest BCUT2D eigenvalue weighted by atomic mass is 16.5. The number of likely N-dealkylation sites (tertiary alicyclic amines) is 1. The number of nitrogens with zero attached hydrogens (tertiary/aromatic N) is 2. The van der Waals surface area contributed by atoms with E-state index in [2.05, 4.69) is 39.5 Å². The highest BCUT2D eigenvalue weighted by Gasteiger charge is 2.38. The maximum atomic E-state index is 11.9. The molecule has 1 aromatic carbocycles. The van der Waals surface area contributed by atoms with Crippen LogP contribution in [-0.2, 0) is 16.8 Å². The summed E-state index contributed by atoms with van der Waals surface area (Å²) in [6.45, 7) is 2.75. The van der Waals surface area contributed by atoms with Crippen LogP contribution in [0.2, 0.25) is 0 Å². The topological polar surface area (TPSA) is 54.5 Å². The number of carbonyl (C=O) groups is 1. The minimum Gasteiger partial charge on any atom is -0.453 e. The molecular formula is C19H23N3O2. The Morgan fingerprint density at radius 3 is 2.58 bits per heavy atom. The predicted octanol–water partition coefficient (Wildman–Crippen LogP) is 2.93. The lowest BCUT2D eigenvalue weighted by Gasteiger charge is -2.42. The molecule has 2 heterocycles. The summed E-state index contributed by atoms with van der Waals surface area (Å²) in [4.78, 5) is 18.5. The SMILES string of the molecule is COC(=O)NC1(c2cccnc2)CCN(Cc2ccccc2)CC1. The van der Waals surface area contributed by atoms with Gasteiger partial charge in [-0.1, -0.05) is 36.4 Å². The van der Waals surface area contributed by atoms with Crippen molar-refractivity contribution in [1.82, 2.24) is 15.2 Å². The van der Waals surface area contributed by atoms with Gasteiger partial charge in [-0.15, -0.1) is 0 Å². The fourth-order valence-corrected chi connectivity index (χ4v) is 3.31. The van der Waals surface area contributed by atoms with Crippen LogP contribution >= 0.6 is 0 Å². The lowest BCUT2D eigenvalue weighted by atomic mass is 9.81. The average Bonchev–Trinajstić information content (AvgIpc) is 2.65. The maximum Gasteiger partial charge on any atom is 0.407 e. The second kappa shape index (κ2) is 7.45. The molecule has 0 saturated carbocycles.